The molecule has 0 aromatic heterocycles. The Labute approximate surface area is 141 Å². The van der Waals surface area contributed by atoms with Crippen molar-refractivity contribution in [3.05, 3.63) is 0 Å². The molecule has 1 rings (SSSR count). The Morgan fingerprint density at radius 1 is 1.26 bits per heavy atom. The summed E-state index contributed by atoms with van der Waals surface area (Å²) in [5, 5.41) is 13.7. The lowest BCUT2D eigenvalue weighted by Crippen LogP contribution is -2.40. The van der Waals surface area contributed by atoms with Crippen LogP contribution in [-0.4, -0.2) is 53.5 Å². The average molecular weight is 328 g/mol. The summed E-state index contributed by atoms with van der Waals surface area (Å²) < 4.78 is 5.45. The number of nitrogens with zero attached hydrogens (tertiary/aromatic N) is 1. The zero-order chi connectivity index (χ0) is 17.5. The van der Waals surface area contributed by atoms with Crippen molar-refractivity contribution in [1.29, 1.82) is 0 Å². The fourth-order valence-corrected chi connectivity index (χ4v) is 3.10. The number of aliphatic hydroxyl groups excluding tert-OH is 1. The summed E-state index contributed by atoms with van der Waals surface area (Å²) in [4.78, 5) is 14.0. The number of carbonyl (C=O) groups is 1. The molecule has 0 aromatic rings. The molecule has 1 aliphatic rings. The second-order valence-electron chi connectivity index (χ2n) is 7.65. The van der Waals surface area contributed by atoms with E-state index in [2.05, 4.69) is 19.2 Å². The van der Waals surface area contributed by atoms with Crippen molar-refractivity contribution >= 4 is 6.09 Å². The minimum absolute atomic E-state index is 0.213. The van der Waals surface area contributed by atoms with Gasteiger partial charge in [0.05, 0.1) is 6.10 Å². The Bertz CT molecular complexity index is 351. The van der Waals surface area contributed by atoms with Gasteiger partial charge in [0.15, 0.2) is 0 Å². The van der Waals surface area contributed by atoms with E-state index in [4.69, 9.17) is 4.74 Å². The van der Waals surface area contributed by atoms with Crippen LogP contribution < -0.4 is 5.32 Å². The first-order chi connectivity index (χ1) is 10.8. The summed E-state index contributed by atoms with van der Waals surface area (Å²) in [5.41, 5.74) is -0.444. The molecule has 0 aromatic carbocycles. The van der Waals surface area contributed by atoms with Gasteiger partial charge in [-0.05, 0) is 46.0 Å². The summed E-state index contributed by atoms with van der Waals surface area (Å²) in [5.74, 6) is 0.367. The Kier molecular flexibility index (Phi) is 8.34. The highest BCUT2D eigenvalue weighted by Crippen LogP contribution is 2.17. The molecule has 1 amide bonds. The van der Waals surface area contributed by atoms with E-state index in [1.807, 2.05) is 25.7 Å². The molecule has 23 heavy (non-hydrogen) atoms. The number of amides is 1. The highest BCUT2D eigenvalue weighted by Gasteiger charge is 2.25. The van der Waals surface area contributed by atoms with Crippen LogP contribution in [0, 0.1) is 5.92 Å². The van der Waals surface area contributed by atoms with E-state index in [9.17, 15) is 9.90 Å². The number of hydrogen-bond donors (Lipinski definition) is 2. The van der Waals surface area contributed by atoms with E-state index in [-0.39, 0.29) is 12.2 Å². The number of carbonyl (C=O) groups excluding carboxylic acids is 1. The maximum atomic E-state index is 12.1. The van der Waals surface area contributed by atoms with Crippen LogP contribution in [0.15, 0.2) is 0 Å². The molecule has 5 heteroatoms. The normalized spacial score (nSPS) is 21.2. The Balaban J connectivity index is 2.39. The van der Waals surface area contributed by atoms with Gasteiger partial charge in [-0.25, -0.2) is 4.79 Å². The lowest BCUT2D eigenvalue weighted by Gasteiger charge is -2.26. The molecular weight excluding hydrogens is 292 g/mol. The Morgan fingerprint density at radius 2 is 1.91 bits per heavy atom. The molecule has 1 fully saturated rings. The molecule has 0 bridgehead atoms. The minimum atomic E-state index is -0.444. The lowest BCUT2D eigenvalue weighted by molar-refractivity contribution is 0.0255. The van der Waals surface area contributed by atoms with Gasteiger partial charge in [-0.1, -0.05) is 26.7 Å². The van der Waals surface area contributed by atoms with E-state index in [0.29, 0.717) is 25.0 Å². The molecule has 5 nitrogen and oxygen atoms in total. The van der Waals surface area contributed by atoms with Gasteiger partial charge < -0.3 is 20.1 Å². The van der Waals surface area contributed by atoms with Crippen molar-refractivity contribution in [1.82, 2.24) is 10.2 Å². The van der Waals surface area contributed by atoms with Crippen LogP contribution in [0.3, 0.4) is 0 Å². The zero-order valence-corrected chi connectivity index (χ0v) is 15.6. The molecule has 1 aliphatic heterocycles. The largest absolute Gasteiger partial charge is 0.444 e. The Hall–Kier alpha value is -0.810. The topological polar surface area (TPSA) is 61.8 Å². The molecular formula is C18H36N2O3. The maximum absolute atomic E-state index is 12.1. The van der Waals surface area contributed by atoms with Crippen LogP contribution in [0.4, 0.5) is 4.79 Å². The molecule has 2 N–H and O–H groups in total. The first-order valence-corrected chi connectivity index (χ1v) is 9.16. The van der Waals surface area contributed by atoms with E-state index < -0.39 is 5.60 Å². The molecule has 2 unspecified atom stereocenters. The Morgan fingerprint density at radius 3 is 2.48 bits per heavy atom. The molecule has 1 saturated heterocycles. The molecule has 136 valence electrons. The smallest absolute Gasteiger partial charge is 0.410 e. The molecule has 0 aliphatic carbocycles. The summed E-state index contributed by atoms with van der Waals surface area (Å²) in [6.45, 7) is 12.0. The SMILES string of the molecule is CCC(CC)C(O)CNC1CCCN(C(=O)OC(C)(C)C)CC1. The maximum Gasteiger partial charge on any atom is 0.410 e. The van der Waals surface area contributed by atoms with Gasteiger partial charge in [0.2, 0.25) is 0 Å². The summed E-state index contributed by atoms with van der Waals surface area (Å²) >= 11 is 0. The number of aliphatic hydroxyl groups is 1. The summed E-state index contributed by atoms with van der Waals surface area (Å²) in [6.07, 6.45) is 4.44. The van der Waals surface area contributed by atoms with E-state index >= 15 is 0 Å². The van der Waals surface area contributed by atoms with Crippen molar-refractivity contribution in [2.45, 2.75) is 84.5 Å². The number of hydrogen-bond acceptors (Lipinski definition) is 4. The fourth-order valence-electron chi connectivity index (χ4n) is 3.10. The molecule has 1 heterocycles. The fraction of sp³-hybridized carbons (Fsp3) is 0.944. The minimum Gasteiger partial charge on any atom is -0.444 e. The van der Waals surface area contributed by atoms with E-state index in [1.165, 1.54) is 0 Å². The summed E-state index contributed by atoms with van der Waals surface area (Å²) in [7, 11) is 0. The van der Waals surface area contributed by atoms with Crippen molar-refractivity contribution in [2.75, 3.05) is 19.6 Å². The predicted octanol–water partition coefficient (Wildman–Crippen LogP) is 3.16. The van der Waals surface area contributed by atoms with Gasteiger partial charge >= 0.3 is 6.09 Å². The van der Waals surface area contributed by atoms with Gasteiger partial charge in [0, 0.05) is 25.7 Å². The quantitative estimate of drug-likeness (QED) is 0.786. The van der Waals surface area contributed by atoms with E-state index in [1.54, 1.807) is 0 Å². The van der Waals surface area contributed by atoms with Crippen LogP contribution in [-0.2, 0) is 4.74 Å². The second kappa shape index (κ2) is 9.48. The van der Waals surface area contributed by atoms with Crippen LogP contribution in [0.5, 0.6) is 0 Å². The van der Waals surface area contributed by atoms with E-state index in [0.717, 1.165) is 38.6 Å². The van der Waals surface area contributed by atoms with Crippen LogP contribution in [0.1, 0.15) is 66.7 Å². The first-order valence-electron chi connectivity index (χ1n) is 9.16. The number of likely N-dealkylation sites (tertiary alicyclic amines) is 1. The van der Waals surface area contributed by atoms with Crippen LogP contribution in [0.2, 0.25) is 0 Å². The van der Waals surface area contributed by atoms with Crippen molar-refractivity contribution in [2.24, 2.45) is 5.92 Å². The number of ether oxygens (including phenoxy) is 1. The van der Waals surface area contributed by atoms with Crippen LogP contribution >= 0.6 is 0 Å². The number of rotatable bonds is 6. The van der Waals surface area contributed by atoms with Gasteiger partial charge in [-0.3, -0.25) is 0 Å². The highest BCUT2D eigenvalue weighted by molar-refractivity contribution is 5.68. The van der Waals surface area contributed by atoms with Gasteiger partial charge in [0.1, 0.15) is 5.60 Å². The monoisotopic (exact) mass is 328 g/mol. The average Bonchev–Trinajstić information content (AvgIpc) is 2.70. The lowest BCUT2D eigenvalue weighted by atomic mass is 9.96. The van der Waals surface area contributed by atoms with Gasteiger partial charge in [0.25, 0.3) is 0 Å². The molecule has 0 saturated carbocycles. The third kappa shape index (κ3) is 7.53. The third-order valence-corrected chi connectivity index (χ3v) is 4.59. The first kappa shape index (κ1) is 20.2. The zero-order valence-electron chi connectivity index (χ0n) is 15.6. The van der Waals surface area contributed by atoms with Crippen molar-refractivity contribution in [3.8, 4) is 0 Å². The predicted molar refractivity (Wildman–Crippen MR) is 93.5 cm³/mol. The summed E-state index contributed by atoms with van der Waals surface area (Å²) in [6, 6.07) is 0.367. The highest BCUT2D eigenvalue weighted by atomic mass is 16.6. The molecule has 0 spiro atoms. The van der Waals surface area contributed by atoms with Crippen LogP contribution in [0.25, 0.3) is 0 Å². The molecule has 0 radical (unpaired) electrons. The standard InChI is InChI=1S/C18H36N2O3/c1-6-14(7-2)16(21)13-19-15-9-8-11-20(12-10-15)17(22)23-18(3,4)5/h14-16,19,21H,6-13H2,1-5H3. The third-order valence-electron chi connectivity index (χ3n) is 4.59. The number of nitrogens with one attached hydrogen (secondary N) is 1. The van der Waals surface area contributed by atoms with Crippen molar-refractivity contribution < 1.29 is 14.6 Å². The van der Waals surface area contributed by atoms with Crippen molar-refractivity contribution in [3.63, 3.8) is 0 Å². The van der Waals surface area contributed by atoms with Gasteiger partial charge in [-0.15, -0.1) is 0 Å². The van der Waals surface area contributed by atoms with Gasteiger partial charge in [-0.2, -0.15) is 0 Å². The second-order valence-corrected chi connectivity index (χ2v) is 7.65. The molecule has 2 atom stereocenters.